The summed E-state index contributed by atoms with van der Waals surface area (Å²) in [6.07, 6.45) is 1.96. The molecule has 7 nitrogen and oxygen atoms in total. The summed E-state index contributed by atoms with van der Waals surface area (Å²) in [4.78, 5) is 37.3. The molecule has 3 N–H and O–H groups in total. The summed E-state index contributed by atoms with van der Waals surface area (Å²) >= 11 is 0. The number of carbonyl (C=O) groups is 3. The summed E-state index contributed by atoms with van der Waals surface area (Å²) in [6, 6.07) is 15.0. The van der Waals surface area contributed by atoms with Gasteiger partial charge in [0, 0.05) is 12.0 Å². The molecule has 2 amide bonds. The molecule has 1 fully saturated rings. The molecule has 2 unspecified atom stereocenters. The van der Waals surface area contributed by atoms with Crippen LogP contribution in [0.15, 0.2) is 48.5 Å². The molecule has 0 radical (unpaired) electrons. The number of carboxylic acids is 1. The number of amides is 2. The monoisotopic (exact) mass is 464 g/mol. The molecule has 4 rings (SSSR count). The average molecular weight is 465 g/mol. The highest BCUT2D eigenvalue weighted by Gasteiger charge is 2.37. The maximum absolute atomic E-state index is 13.0. The first-order valence-corrected chi connectivity index (χ1v) is 12.0. The molecule has 7 heteroatoms. The molecule has 0 saturated heterocycles. The van der Waals surface area contributed by atoms with Gasteiger partial charge in [-0.15, -0.1) is 0 Å². The second-order valence-electron chi connectivity index (χ2n) is 9.32. The lowest BCUT2D eigenvalue weighted by molar-refractivity contribution is -0.142. The van der Waals surface area contributed by atoms with Crippen LogP contribution in [0.5, 0.6) is 0 Å². The van der Waals surface area contributed by atoms with Crippen LogP contribution in [0, 0.1) is 11.8 Å². The Labute approximate surface area is 199 Å². The van der Waals surface area contributed by atoms with Crippen molar-refractivity contribution in [1.29, 1.82) is 0 Å². The Kier molecular flexibility index (Phi) is 7.20. The lowest BCUT2D eigenvalue weighted by atomic mass is 9.97. The topological polar surface area (TPSA) is 105 Å². The summed E-state index contributed by atoms with van der Waals surface area (Å²) < 4.78 is 5.62. The minimum atomic E-state index is -0.896. The number of carboxylic acid groups (broad SMARTS) is 1. The molecule has 2 aliphatic rings. The number of carbonyl (C=O) groups excluding carboxylic acids is 2. The normalized spacial score (nSPS) is 20.6. The molecule has 180 valence electrons. The van der Waals surface area contributed by atoms with Gasteiger partial charge in [0.15, 0.2) is 0 Å². The summed E-state index contributed by atoms with van der Waals surface area (Å²) in [5, 5.41) is 15.0. The van der Waals surface area contributed by atoms with Gasteiger partial charge in [-0.25, -0.2) is 4.79 Å². The van der Waals surface area contributed by atoms with E-state index in [1.807, 2.05) is 38.1 Å². The number of ether oxygens (including phenoxy) is 1. The van der Waals surface area contributed by atoms with E-state index in [0.717, 1.165) is 28.7 Å². The Hall–Kier alpha value is -3.35. The Morgan fingerprint density at radius 1 is 1.03 bits per heavy atom. The largest absolute Gasteiger partial charge is 0.481 e. The van der Waals surface area contributed by atoms with Gasteiger partial charge in [-0.3, -0.25) is 9.59 Å². The van der Waals surface area contributed by atoms with Crippen molar-refractivity contribution >= 4 is 18.0 Å². The van der Waals surface area contributed by atoms with Crippen LogP contribution in [0.3, 0.4) is 0 Å². The molecule has 0 aliphatic heterocycles. The quantitative estimate of drug-likeness (QED) is 0.540. The van der Waals surface area contributed by atoms with Crippen molar-refractivity contribution in [2.45, 2.75) is 57.5 Å². The van der Waals surface area contributed by atoms with Crippen LogP contribution < -0.4 is 10.6 Å². The first kappa shape index (κ1) is 23.8. The van der Waals surface area contributed by atoms with Crippen LogP contribution in [0.25, 0.3) is 11.1 Å². The predicted octanol–water partition coefficient (Wildman–Crippen LogP) is 4.31. The van der Waals surface area contributed by atoms with Crippen molar-refractivity contribution in [1.82, 2.24) is 10.6 Å². The van der Waals surface area contributed by atoms with Gasteiger partial charge < -0.3 is 20.5 Å². The van der Waals surface area contributed by atoms with Gasteiger partial charge in [-0.2, -0.15) is 0 Å². The molecule has 2 aliphatic carbocycles. The number of hydrogen-bond acceptors (Lipinski definition) is 4. The van der Waals surface area contributed by atoms with Crippen molar-refractivity contribution in [3.05, 3.63) is 59.7 Å². The van der Waals surface area contributed by atoms with Crippen molar-refractivity contribution < 1.29 is 24.2 Å². The average Bonchev–Trinajstić information content (AvgIpc) is 3.43. The summed E-state index contributed by atoms with van der Waals surface area (Å²) in [5.74, 6) is -2.04. The maximum Gasteiger partial charge on any atom is 0.407 e. The van der Waals surface area contributed by atoms with Crippen molar-refractivity contribution in [2.24, 2.45) is 11.8 Å². The maximum atomic E-state index is 13.0. The third-order valence-electron chi connectivity index (χ3n) is 7.27. The summed E-state index contributed by atoms with van der Waals surface area (Å²) in [7, 11) is 0. The standard InChI is InChI=1S/C27H32N2O5/c1-3-16(2)24(25(30)28-23-14-8-13-21(23)26(31)32)29-27(33)34-15-22-19-11-6-4-9-17(19)18-10-5-7-12-20(18)22/h4-7,9-12,16,21-24H,3,8,13-15H2,1-2H3,(H,28,30)(H,29,33)(H,31,32)/t16?,21-,23+,24?/m0/s1. The molecular formula is C27H32N2O5. The zero-order valence-electron chi connectivity index (χ0n) is 19.6. The molecule has 0 heterocycles. The highest BCUT2D eigenvalue weighted by molar-refractivity contribution is 5.87. The van der Waals surface area contributed by atoms with E-state index in [1.165, 1.54) is 0 Å². The number of aliphatic carboxylic acids is 1. The van der Waals surface area contributed by atoms with Crippen molar-refractivity contribution in [3.63, 3.8) is 0 Å². The van der Waals surface area contributed by atoms with E-state index in [-0.39, 0.29) is 24.3 Å². The van der Waals surface area contributed by atoms with Crippen LogP contribution >= 0.6 is 0 Å². The van der Waals surface area contributed by atoms with Crippen LogP contribution in [-0.4, -0.2) is 41.8 Å². The van der Waals surface area contributed by atoms with E-state index in [0.29, 0.717) is 19.3 Å². The lowest BCUT2D eigenvalue weighted by Gasteiger charge is -2.26. The molecule has 0 bridgehead atoms. The summed E-state index contributed by atoms with van der Waals surface area (Å²) in [5.41, 5.74) is 4.53. The number of fused-ring (bicyclic) bond motifs is 3. The SMILES string of the molecule is CCC(C)C(NC(=O)OCC1c2ccccc2-c2ccccc21)C(=O)N[C@@H]1CCC[C@@H]1C(=O)O. The molecule has 2 aromatic carbocycles. The first-order chi connectivity index (χ1) is 16.4. The van der Waals surface area contributed by atoms with Gasteiger partial charge in [0.05, 0.1) is 5.92 Å². The highest BCUT2D eigenvalue weighted by atomic mass is 16.5. The lowest BCUT2D eigenvalue weighted by Crippen LogP contribution is -2.53. The van der Waals surface area contributed by atoms with Gasteiger partial charge in [0.1, 0.15) is 12.6 Å². The second kappa shape index (κ2) is 10.3. The fourth-order valence-electron chi connectivity index (χ4n) is 5.17. The zero-order chi connectivity index (χ0) is 24.2. The van der Waals surface area contributed by atoms with E-state index < -0.39 is 30.1 Å². The number of alkyl carbamates (subject to hydrolysis) is 1. The minimum absolute atomic E-state index is 0.0659. The first-order valence-electron chi connectivity index (χ1n) is 12.0. The number of rotatable bonds is 8. The van der Waals surface area contributed by atoms with E-state index in [4.69, 9.17) is 4.74 Å². The Morgan fingerprint density at radius 2 is 1.65 bits per heavy atom. The number of nitrogens with one attached hydrogen (secondary N) is 2. The zero-order valence-corrected chi connectivity index (χ0v) is 19.6. The van der Waals surface area contributed by atoms with Crippen molar-refractivity contribution in [2.75, 3.05) is 6.61 Å². The molecular weight excluding hydrogens is 432 g/mol. The van der Waals surface area contributed by atoms with E-state index >= 15 is 0 Å². The molecule has 34 heavy (non-hydrogen) atoms. The Bertz CT molecular complexity index is 1020. The minimum Gasteiger partial charge on any atom is -0.481 e. The molecule has 0 spiro atoms. The molecule has 2 aromatic rings. The molecule has 1 saturated carbocycles. The van der Waals surface area contributed by atoms with E-state index in [9.17, 15) is 19.5 Å². The van der Waals surface area contributed by atoms with Gasteiger partial charge in [0.25, 0.3) is 0 Å². The van der Waals surface area contributed by atoms with Crippen LogP contribution in [0.4, 0.5) is 4.79 Å². The van der Waals surface area contributed by atoms with Crippen LogP contribution in [0.1, 0.15) is 56.6 Å². The second-order valence-corrected chi connectivity index (χ2v) is 9.32. The third kappa shape index (κ3) is 4.79. The predicted molar refractivity (Wildman–Crippen MR) is 128 cm³/mol. The molecule has 0 aromatic heterocycles. The van der Waals surface area contributed by atoms with Gasteiger partial charge in [0.2, 0.25) is 5.91 Å². The van der Waals surface area contributed by atoms with Crippen LogP contribution in [0.2, 0.25) is 0 Å². The number of hydrogen-bond donors (Lipinski definition) is 3. The smallest absolute Gasteiger partial charge is 0.407 e. The van der Waals surface area contributed by atoms with Gasteiger partial charge in [-0.05, 0) is 41.0 Å². The van der Waals surface area contributed by atoms with Gasteiger partial charge in [-0.1, -0.05) is 75.2 Å². The van der Waals surface area contributed by atoms with Gasteiger partial charge >= 0.3 is 12.1 Å². The number of benzene rings is 2. The fourth-order valence-corrected chi connectivity index (χ4v) is 5.17. The van der Waals surface area contributed by atoms with E-state index in [1.54, 1.807) is 0 Å². The fraction of sp³-hybridized carbons (Fsp3) is 0.444. The third-order valence-corrected chi connectivity index (χ3v) is 7.27. The Balaban J connectivity index is 1.41. The highest BCUT2D eigenvalue weighted by Crippen LogP contribution is 2.44. The van der Waals surface area contributed by atoms with Crippen molar-refractivity contribution in [3.8, 4) is 11.1 Å². The summed E-state index contributed by atoms with van der Waals surface area (Å²) in [6.45, 7) is 4.00. The van der Waals surface area contributed by atoms with Crippen LogP contribution in [-0.2, 0) is 14.3 Å². The van der Waals surface area contributed by atoms with E-state index in [2.05, 4.69) is 34.9 Å². The molecule has 4 atom stereocenters. The Morgan fingerprint density at radius 3 is 2.24 bits per heavy atom.